The van der Waals surface area contributed by atoms with Gasteiger partial charge in [0.25, 0.3) is 0 Å². The van der Waals surface area contributed by atoms with Crippen LogP contribution in [0.5, 0.6) is 0 Å². The first-order chi connectivity index (χ1) is 6.65. The summed E-state index contributed by atoms with van der Waals surface area (Å²) in [5.74, 6) is 0. The fourth-order valence-corrected chi connectivity index (χ4v) is 2.03. The minimum atomic E-state index is -0.702. The van der Waals surface area contributed by atoms with E-state index in [2.05, 4.69) is 23.1 Å². The fraction of sp³-hybridized carbons (Fsp3) is 0.500. The summed E-state index contributed by atoms with van der Waals surface area (Å²) in [6, 6.07) is 8.32. The highest BCUT2D eigenvalue weighted by molar-refractivity contribution is 5.59. The summed E-state index contributed by atoms with van der Waals surface area (Å²) in [6.45, 7) is 4.83. The van der Waals surface area contributed by atoms with Gasteiger partial charge in [-0.1, -0.05) is 25.1 Å². The van der Waals surface area contributed by atoms with Gasteiger partial charge < -0.3 is 10.0 Å². The van der Waals surface area contributed by atoms with Crippen LogP contribution in [0.2, 0.25) is 0 Å². The lowest BCUT2D eigenvalue weighted by Crippen LogP contribution is -2.45. The summed E-state index contributed by atoms with van der Waals surface area (Å²) in [6.07, 6.45) is 1.80. The van der Waals surface area contributed by atoms with Crippen LogP contribution in [-0.2, 0) is 6.42 Å². The van der Waals surface area contributed by atoms with Gasteiger partial charge in [-0.2, -0.15) is 0 Å². The topological polar surface area (TPSA) is 23.5 Å². The number of rotatable bonds is 2. The van der Waals surface area contributed by atoms with E-state index < -0.39 is 5.72 Å². The van der Waals surface area contributed by atoms with Gasteiger partial charge in [0, 0.05) is 12.2 Å². The molecule has 0 spiro atoms. The van der Waals surface area contributed by atoms with Crippen molar-refractivity contribution in [2.45, 2.75) is 32.4 Å². The summed E-state index contributed by atoms with van der Waals surface area (Å²) in [5, 5.41) is 10.2. The van der Waals surface area contributed by atoms with E-state index in [0.717, 1.165) is 19.4 Å². The Balaban J connectivity index is 2.35. The van der Waals surface area contributed by atoms with Gasteiger partial charge in [0.2, 0.25) is 0 Å². The fourth-order valence-electron chi connectivity index (χ4n) is 2.03. The second-order valence-corrected chi connectivity index (χ2v) is 4.10. The van der Waals surface area contributed by atoms with E-state index in [-0.39, 0.29) is 0 Å². The van der Waals surface area contributed by atoms with Crippen LogP contribution in [0.25, 0.3) is 0 Å². The third-order valence-electron chi connectivity index (χ3n) is 3.14. The number of hydrogen-bond donors (Lipinski definition) is 1. The van der Waals surface area contributed by atoms with Crippen molar-refractivity contribution in [2.75, 3.05) is 11.4 Å². The number of benzene rings is 1. The standard InChI is InChI=1S/C12H17NO/c1-3-12(2,14)13-9-8-10-6-4-5-7-11(10)13/h4-7,14H,3,8-9H2,1-2H3. The molecule has 76 valence electrons. The maximum absolute atomic E-state index is 10.2. The van der Waals surface area contributed by atoms with Crippen molar-refractivity contribution in [3.8, 4) is 0 Å². The smallest absolute Gasteiger partial charge is 0.134 e. The van der Waals surface area contributed by atoms with Crippen LogP contribution < -0.4 is 4.90 Å². The Kier molecular flexibility index (Phi) is 2.23. The van der Waals surface area contributed by atoms with E-state index in [0.29, 0.717) is 0 Å². The monoisotopic (exact) mass is 191 g/mol. The van der Waals surface area contributed by atoms with Gasteiger partial charge in [-0.05, 0) is 31.4 Å². The van der Waals surface area contributed by atoms with E-state index >= 15 is 0 Å². The number of fused-ring (bicyclic) bond motifs is 1. The van der Waals surface area contributed by atoms with Gasteiger partial charge in [-0.25, -0.2) is 0 Å². The Morgan fingerprint density at radius 1 is 1.43 bits per heavy atom. The molecule has 1 unspecified atom stereocenters. The summed E-state index contributed by atoms with van der Waals surface area (Å²) in [4.78, 5) is 2.10. The highest BCUT2D eigenvalue weighted by atomic mass is 16.3. The predicted molar refractivity (Wildman–Crippen MR) is 58.4 cm³/mol. The van der Waals surface area contributed by atoms with Crippen molar-refractivity contribution < 1.29 is 5.11 Å². The largest absolute Gasteiger partial charge is 0.371 e. The summed E-state index contributed by atoms with van der Waals surface area (Å²) >= 11 is 0. The van der Waals surface area contributed by atoms with Crippen molar-refractivity contribution in [3.63, 3.8) is 0 Å². The third kappa shape index (κ3) is 1.40. The average Bonchev–Trinajstić information content (AvgIpc) is 2.61. The quantitative estimate of drug-likeness (QED) is 0.774. The van der Waals surface area contributed by atoms with Crippen molar-refractivity contribution in [1.82, 2.24) is 0 Å². The molecule has 0 aromatic heterocycles. The molecule has 1 atom stereocenters. The van der Waals surface area contributed by atoms with Gasteiger partial charge >= 0.3 is 0 Å². The van der Waals surface area contributed by atoms with Crippen LogP contribution in [0.3, 0.4) is 0 Å². The first-order valence-corrected chi connectivity index (χ1v) is 5.23. The molecule has 2 nitrogen and oxygen atoms in total. The van der Waals surface area contributed by atoms with Crippen molar-refractivity contribution in [1.29, 1.82) is 0 Å². The van der Waals surface area contributed by atoms with E-state index in [1.54, 1.807) is 0 Å². The molecule has 2 heteroatoms. The lowest BCUT2D eigenvalue weighted by Gasteiger charge is -2.35. The Morgan fingerprint density at radius 3 is 2.86 bits per heavy atom. The Hall–Kier alpha value is -1.02. The molecule has 1 aliphatic rings. The van der Waals surface area contributed by atoms with E-state index in [4.69, 9.17) is 0 Å². The Bertz CT molecular complexity index is 333. The molecule has 0 saturated heterocycles. The highest BCUT2D eigenvalue weighted by Crippen LogP contribution is 2.33. The van der Waals surface area contributed by atoms with Crippen LogP contribution in [0.1, 0.15) is 25.8 Å². The van der Waals surface area contributed by atoms with Gasteiger partial charge in [-0.3, -0.25) is 0 Å². The second-order valence-electron chi connectivity index (χ2n) is 4.10. The summed E-state index contributed by atoms with van der Waals surface area (Å²) in [7, 11) is 0. The molecule has 0 saturated carbocycles. The molecule has 0 radical (unpaired) electrons. The zero-order valence-electron chi connectivity index (χ0n) is 8.83. The van der Waals surface area contributed by atoms with Crippen molar-refractivity contribution in [2.24, 2.45) is 0 Å². The number of hydrogen-bond acceptors (Lipinski definition) is 2. The Morgan fingerprint density at radius 2 is 2.14 bits per heavy atom. The highest BCUT2D eigenvalue weighted by Gasteiger charge is 2.31. The third-order valence-corrected chi connectivity index (χ3v) is 3.14. The van der Waals surface area contributed by atoms with Crippen LogP contribution in [-0.4, -0.2) is 17.4 Å². The molecule has 0 aliphatic carbocycles. The first-order valence-electron chi connectivity index (χ1n) is 5.23. The molecule has 1 heterocycles. The van der Waals surface area contributed by atoms with Gasteiger partial charge in [0.05, 0.1) is 0 Å². The zero-order chi connectivity index (χ0) is 10.2. The predicted octanol–water partition coefficient (Wildman–Crippen LogP) is 2.17. The summed E-state index contributed by atoms with van der Waals surface area (Å²) in [5.41, 5.74) is 1.84. The van der Waals surface area contributed by atoms with Crippen LogP contribution >= 0.6 is 0 Å². The number of nitrogens with zero attached hydrogens (tertiary/aromatic N) is 1. The minimum absolute atomic E-state index is 0.702. The average molecular weight is 191 g/mol. The van der Waals surface area contributed by atoms with Crippen LogP contribution in [0.15, 0.2) is 24.3 Å². The lowest BCUT2D eigenvalue weighted by atomic mass is 10.1. The molecule has 1 N–H and O–H groups in total. The Labute approximate surface area is 85.2 Å². The molecule has 0 fully saturated rings. The maximum Gasteiger partial charge on any atom is 0.134 e. The number of anilines is 1. The molecule has 0 amide bonds. The van der Waals surface area contributed by atoms with Crippen molar-refractivity contribution in [3.05, 3.63) is 29.8 Å². The second kappa shape index (κ2) is 3.28. The molecule has 1 aliphatic heterocycles. The summed E-state index contributed by atoms with van der Waals surface area (Å²) < 4.78 is 0. The van der Waals surface area contributed by atoms with E-state index in [1.165, 1.54) is 11.3 Å². The number of para-hydroxylation sites is 1. The van der Waals surface area contributed by atoms with E-state index in [1.807, 2.05) is 19.9 Å². The molecular weight excluding hydrogens is 174 g/mol. The molecular formula is C12H17NO. The molecule has 0 bridgehead atoms. The zero-order valence-corrected chi connectivity index (χ0v) is 8.83. The van der Waals surface area contributed by atoms with Crippen LogP contribution in [0, 0.1) is 0 Å². The number of aliphatic hydroxyl groups is 1. The minimum Gasteiger partial charge on any atom is -0.371 e. The van der Waals surface area contributed by atoms with Crippen LogP contribution in [0.4, 0.5) is 5.69 Å². The normalized spacial score (nSPS) is 19.2. The lowest BCUT2D eigenvalue weighted by molar-refractivity contribution is 0.0538. The molecule has 1 aromatic carbocycles. The van der Waals surface area contributed by atoms with E-state index in [9.17, 15) is 5.11 Å². The van der Waals surface area contributed by atoms with Crippen molar-refractivity contribution >= 4 is 5.69 Å². The first kappa shape index (κ1) is 9.53. The van der Waals surface area contributed by atoms with Gasteiger partial charge in [-0.15, -0.1) is 0 Å². The molecule has 14 heavy (non-hydrogen) atoms. The van der Waals surface area contributed by atoms with Gasteiger partial charge in [0.1, 0.15) is 5.72 Å². The maximum atomic E-state index is 10.2. The molecule has 1 aromatic rings. The SMILES string of the molecule is CCC(C)(O)N1CCc2ccccc21. The van der Waals surface area contributed by atoms with Gasteiger partial charge in [0.15, 0.2) is 0 Å². The molecule has 2 rings (SSSR count).